The molecular formula is C50H26N4O2. The third-order valence-electron chi connectivity index (χ3n) is 11.3. The second-order valence-corrected chi connectivity index (χ2v) is 14.3. The standard InChI is InChI=1S/C50H26N4O2/c51-27-29-23-30(28-52)25-31(24-29)33-18-17-32(53-40-13-5-1-11-38(40)47-42(53)21-19-36-34-9-3-7-15-45(34)55-49(36)47)26-44(33)54-41-14-6-2-12-39(41)48-43(54)22-20-37-35-10-4-8-16-46(35)56-50(37)48/h1-26H. The largest absolute Gasteiger partial charge is 0.455 e. The molecule has 6 heteroatoms. The topological polar surface area (TPSA) is 83.7 Å². The molecule has 4 heterocycles. The van der Waals surface area contributed by atoms with E-state index in [0.29, 0.717) is 11.1 Å². The highest BCUT2D eigenvalue weighted by Crippen LogP contribution is 2.45. The van der Waals surface area contributed by atoms with Crippen molar-refractivity contribution in [3.05, 3.63) is 169 Å². The maximum absolute atomic E-state index is 10.0. The molecule has 6 nitrogen and oxygen atoms in total. The maximum atomic E-state index is 10.0. The molecule has 0 saturated heterocycles. The van der Waals surface area contributed by atoms with Crippen molar-refractivity contribution >= 4 is 87.5 Å². The summed E-state index contributed by atoms with van der Waals surface area (Å²) in [4.78, 5) is 0. The van der Waals surface area contributed by atoms with Gasteiger partial charge < -0.3 is 18.0 Å². The highest BCUT2D eigenvalue weighted by atomic mass is 16.3. The van der Waals surface area contributed by atoms with E-state index in [1.54, 1.807) is 6.07 Å². The number of hydrogen-bond acceptors (Lipinski definition) is 4. The van der Waals surface area contributed by atoms with E-state index in [1.807, 2.05) is 48.5 Å². The molecule has 8 aromatic carbocycles. The van der Waals surface area contributed by atoms with Gasteiger partial charge in [0.2, 0.25) is 0 Å². The minimum Gasteiger partial charge on any atom is -0.455 e. The van der Waals surface area contributed by atoms with Crippen molar-refractivity contribution in [2.75, 3.05) is 0 Å². The summed E-state index contributed by atoms with van der Waals surface area (Å²) in [5, 5.41) is 28.6. The Hall–Kier alpha value is -8.06. The molecule has 0 spiro atoms. The number of nitrogens with zero attached hydrogens (tertiary/aromatic N) is 4. The summed E-state index contributed by atoms with van der Waals surface area (Å²) in [7, 11) is 0. The molecule has 0 aliphatic carbocycles. The van der Waals surface area contributed by atoms with Crippen LogP contribution in [0.4, 0.5) is 0 Å². The zero-order valence-electron chi connectivity index (χ0n) is 29.6. The van der Waals surface area contributed by atoms with Gasteiger partial charge in [-0.1, -0.05) is 78.9 Å². The molecule has 12 aromatic rings. The predicted octanol–water partition coefficient (Wildman–Crippen LogP) is 13.1. The lowest BCUT2D eigenvalue weighted by molar-refractivity contribution is 0.672. The molecule has 0 amide bonds. The molecular weight excluding hydrogens is 689 g/mol. The lowest BCUT2D eigenvalue weighted by Gasteiger charge is -2.18. The average Bonchev–Trinajstić information content (AvgIpc) is 4.00. The Labute approximate surface area is 318 Å². The Morgan fingerprint density at radius 1 is 0.411 bits per heavy atom. The lowest BCUT2D eigenvalue weighted by atomic mass is 9.98. The SMILES string of the molecule is N#Cc1cc(C#N)cc(-c2ccc(-n3c4ccccc4c4c5oc6ccccc6c5ccc43)cc2-n2c3ccccc3c3c4oc5ccccc5c4ccc32)c1. The third-order valence-corrected chi connectivity index (χ3v) is 11.3. The Kier molecular flexibility index (Phi) is 6.10. The van der Waals surface area contributed by atoms with Crippen LogP contribution in [0.5, 0.6) is 0 Å². The maximum Gasteiger partial charge on any atom is 0.145 e. The van der Waals surface area contributed by atoms with E-state index in [1.165, 1.54) is 0 Å². The van der Waals surface area contributed by atoms with Crippen LogP contribution in [0, 0.1) is 22.7 Å². The van der Waals surface area contributed by atoms with Crippen LogP contribution in [-0.2, 0) is 0 Å². The number of aromatic nitrogens is 2. The minimum absolute atomic E-state index is 0.428. The van der Waals surface area contributed by atoms with Crippen LogP contribution < -0.4 is 0 Å². The first kappa shape index (κ1) is 30.4. The quantitative estimate of drug-likeness (QED) is 0.182. The van der Waals surface area contributed by atoms with Gasteiger partial charge in [0.15, 0.2) is 0 Å². The van der Waals surface area contributed by atoms with Crippen molar-refractivity contribution in [2.24, 2.45) is 0 Å². The van der Waals surface area contributed by atoms with Gasteiger partial charge in [0.05, 0.1) is 61.8 Å². The molecule has 0 unspecified atom stereocenters. The molecule has 0 fully saturated rings. The fourth-order valence-electron chi connectivity index (χ4n) is 9.01. The van der Waals surface area contributed by atoms with Crippen molar-refractivity contribution in [2.45, 2.75) is 0 Å². The molecule has 0 N–H and O–H groups in total. The van der Waals surface area contributed by atoms with Crippen LogP contribution in [0.15, 0.2) is 167 Å². The molecule has 12 rings (SSSR count). The summed E-state index contributed by atoms with van der Waals surface area (Å²) >= 11 is 0. The third kappa shape index (κ3) is 4.07. The fourth-order valence-corrected chi connectivity index (χ4v) is 9.01. The predicted molar refractivity (Wildman–Crippen MR) is 225 cm³/mol. The van der Waals surface area contributed by atoms with Gasteiger partial charge in [0, 0.05) is 43.6 Å². The molecule has 4 aromatic heterocycles. The normalized spacial score (nSPS) is 11.9. The van der Waals surface area contributed by atoms with E-state index in [9.17, 15) is 10.5 Å². The molecule has 258 valence electrons. The van der Waals surface area contributed by atoms with Crippen LogP contribution in [0.2, 0.25) is 0 Å². The van der Waals surface area contributed by atoms with Gasteiger partial charge in [0.25, 0.3) is 0 Å². The summed E-state index contributed by atoms with van der Waals surface area (Å²) in [5.74, 6) is 0. The highest BCUT2D eigenvalue weighted by molar-refractivity contribution is 6.25. The van der Waals surface area contributed by atoms with Gasteiger partial charge >= 0.3 is 0 Å². The summed E-state index contributed by atoms with van der Waals surface area (Å²) in [5.41, 5.74) is 11.9. The second-order valence-electron chi connectivity index (χ2n) is 14.3. The van der Waals surface area contributed by atoms with Crippen molar-refractivity contribution in [3.63, 3.8) is 0 Å². The summed E-state index contributed by atoms with van der Waals surface area (Å²) in [6.45, 7) is 0. The molecule has 0 aliphatic heterocycles. The fraction of sp³-hybridized carbons (Fsp3) is 0. The van der Waals surface area contributed by atoms with E-state index in [2.05, 4.69) is 124 Å². The Bertz CT molecular complexity index is 3710. The van der Waals surface area contributed by atoms with Gasteiger partial charge in [0.1, 0.15) is 22.3 Å². The number of para-hydroxylation sites is 4. The van der Waals surface area contributed by atoms with Crippen LogP contribution in [0.3, 0.4) is 0 Å². The highest BCUT2D eigenvalue weighted by Gasteiger charge is 2.23. The minimum atomic E-state index is 0.428. The Morgan fingerprint density at radius 3 is 1.48 bits per heavy atom. The van der Waals surface area contributed by atoms with Gasteiger partial charge in [-0.05, 0) is 84.4 Å². The second kappa shape index (κ2) is 11.2. The Balaban J connectivity index is 1.22. The first-order valence-corrected chi connectivity index (χ1v) is 18.5. The first-order chi connectivity index (χ1) is 27.7. The Morgan fingerprint density at radius 2 is 0.911 bits per heavy atom. The molecule has 0 atom stereocenters. The summed E-state index contributed by atoms with van der Waals surface area (Å²) < 4.78 is 17.8. The summed E-state index contributed by atoms with van der Waals surface area (Å²) in [6, 6.07) is 58.3. The smallest absolute Gasteiger partial charge is 0.145 e. The lowest BCUT2D eigenvalue weighted by Crippen LogP contribution is -2.01. The number of benzene rings is 8. The number of fused-ring (bicyclic) bond motifs is 14. The van der Waals surface area contributed by atoms with Crippen LogP contribution in [-0.4, -0.2) is 9.13 Å². The molecule has 0 bridgehead atoms. The van der Waals surface area contributed by atoms with Crippen molar-refractivity contribution in [3.8, 4) is 34.6 Å². The van der Waals surface area contributed by atoms with E-state index >= 15 is 0 Å². The average molecular weight is 715 g/mol. The van der Waals surface area contributed by atoms with E-state index in [-0.39, 0.29) is 0 Å². The molecule has 0 radical (unpaired) electrons. The van der Waals surface area contributed by atoms with Gasteiger partial charge in [-0.3, -0.25) is 0 Å². The van der Waals surface area contributed by atoms with Crippen LogP contribution >= 0.6 is 0 Å². The monoisotopic (exact) mass is 714 g/mol. The number of rotatable bonds is 3. The molecule has 56 heavy (non-hydrogen) atoms. The van der Waals surface area contributed by atoms with Gasteiger partial charge in [-0.25, -0.2) is 0 Å². The van der Waals surface area contributed by atoms with Crippen molar-refractivity contribution in [1.82, 2.24) is 9.13 Å². The van der Waals surface area contributed by atoms with E-state index in [4.69, 9.17) is 8.83 Å². The summed E-state index contributed by atoms with van der Waals surface area (Å²) in [6.07, 6.45) is 0. The van der Waals surface area contributed by atoms with Crippen LogP contribution in [0.1, 0.15) is 11.1 Å². The number of nitriles is 2. The van der Waals surface area contributed by atoms with E-state index in [0.717, 1.165) is 110 Å². The van der Waals surface area contributed by atoms with Crippen molar-refractivity contribution < 1.29 is 8.83 Å². The molecule has 0 saturated carbocycles. The zero-order chi connectivity index (χ0) is 37.1. The zero-order valence-corrected chi connectivity index (χ0v) is 29.6. The number of hydrogen-bond donors (Lipinski definition) is 0. The van der Waals surface area contributed by atoms with Gasteiger partial charge in [-0.2, -0.15) is 10.5 Å². The van der Waals surface area contributed by atoms with Crippen molar-refractivity contribution in [1.29, 1.82) is 10.5 Å². The van der Waals surface area contributed by atoms with E-state index < -0.39 is 0 Å². The molecule has 0 aliphatic rings. The number of furan rings is 2. The van der Waals surface area contributed by atoms with Gasteiger partial charge in [-0.15, -0.1) is 0 Å². The van der Waals surface area contributed by atoms with Crippen LogP contribution in [0.25, 0.3) is 110 Å². The first-order valence-electron chi connectivity index (χ1n) is 18.5.